The molecule has 0 aromatic carbocycles. The highest BCUT2D eigenvalue weighted by Gasteiger charge is 2.22. The topological polar surface area (TPSA) is 82.8 Å². The van der Waals surface area contributed by atoms with Crippen LogP contribution in [0.2, 0.25) is 0 Å². The van der Waals surface area contributed by atoms with Crippen LogP contribution in [0.3, 0.4) is 0 Å². The third-order valence-corrected chi connectivity index (χ3v) is 4.20. The van der Waals surface area contributed by atoms with Gasteiger partial charge in [-0.25, -0.2) is 4.98 Å². The molecular weight excluding hydrogens is 433 g/mol. The zero-order valence-electron chi connectivity index (χ0n) is 15.8. The van der Waals surface area contributed by atoms with Crippen LogP contribution in [-0.2, 0) is 16.8 Å². The van der Waals surface area contributed by atoms with Gasteiger partial charge in [-0.05, 0) is 12.8 Å². The summed E-state index contributed by atoms with van der Waals surface area (Å²) in [5, 5.41) is 6.64. The summed E-state index contributed by atoms with van der Waals surface area (Å²) < 4.78 is 5.77. The van der Waals surface area contributed by atoms with Gasteiger partial charge in [0.1, 0.15) is 5.76 Å². The lowest BCUT2D eigenvalue weighted by atomic mass is 9.94. The number of piperidine rings is 1. The van der Waals surface area contributed by atoms with Gasteiger partial charge in [0.15, 0.2) is 5.96 Å². The molecular formula is C17H30IN5O2. The monoisotopic (exact) mass is 463 g/mol. The third kappa shape index (κ3) is 6.48. The number of carbonyl (C=O) groups is 1. The molecule has 2 N–H and O–H groups in total. The number of halogens is 1. The summed E-state index contributed by atoms with van der Waals surface area (Å²) in [4.78, 5) is 21.8. The summed E-state index contributed by atoms with van der Waals surface area (Å²) >= 11 is 0. The average Bonchev–Trinajstić information content (AvgIpc) is 3.01. The fourth-order valence-electron chi connectivity index (χ4n) is 2.62. The number of rotatable bonds is 3. The van der Waals surface area contributed by atoms with Crippen LogP contribution in [0, 0.1) is 0 Å². The minimum atomic E-state index is -0.0458. The second-order valence-electron chi connectivity index (χ2n) is 7.22. The van der Waals surface area contributed by atoms with Crippen LogP contribution in [-0.4, -0.2) is 47.9 Å². The van der Waals surface area contributed by atoms with Gasteiger partial charge in [-0.1, -0.05) is 20.8 Å². The summed E-state index contributed by atoms with van der Waals surface area (Å²) in [6.45, 7) is 9.98. The van der Waals surface area contributed by atoms with Crippen LogP contribution in [0.4, 0.5) is 0 Å². The first-order chi connectivity index (χ1) is 11.3. The molecule has 0 saturated carbocycles. The predicted molar refractivity (Wildman–Crippen MR) is 109 cm³/mol. The lowest BCUT2D eigenvalue weighted by Gasteiger charge is -2.32. The number of nitrogens with one attached hydrogen (secondary N) is 2. The molecule has 7 nitrogen and oxygen atoms in total. The molecule has 0 radical (unpaired) electrons. The van der Waals surface area contributed by atoms with Gasteiger partial charge in [0.2, 0.25) is 11.8 Å². The molecule has 0 unspecified atom stereocenters. The Hall–Kier alpha value is -1.32. The Morgan fingerprint density at radius 2 is 2.04 bits per heavy atom. The Kier molecular flexibility index (Phi) is 8.17. The Morgan fingerprint density at radius 3 is 2.52 bits per heavy atom. The van der Waals surface area contributed by atoms with Gasteiger partial charge in [-0.3, -0.25) is 9.79 Å². The van der Waals surface area contributed by atoms with Gasteiger partial charge < -0.3 is 20.0 Å². The van der Waals surface area contributed by atoms with Crippen molar-refractivity contribution >= 4 is 35.8 Å². The molecule has 142 valence electrons. The first-order valence-corrected chi connectivity index (χ1v) is 8.47. The van der Waals surface area contributed by atoms with Gasteiger partial charge in [0, 0.05) is 38.5 Å². The van der Waals surface area contributed by atoms with E-state index in [0.29, 0.717) is 18.5 Å². The van der Waals surface area contributed by atoms with Crippen LogP contribution in [0.15, 0.2) is 15.6 Å². The molecule has 0 bridgehead atoms. The van der Waals surface area contributed by atoms with Crippen LogP contribution in [0.25, 0.3) is 0 Å². The number of guanidine groups is 1. The molecule has 2 heterocycles. The number of amides is 1. The van der Waals surface area contributed by atoms with E-state index in [0.717, 1.165) is 37.7 Å². The van der Waals surface area contributed by atoms with E-state index < -0.39 is 0 Å². The Morgan fingerprint density at radius 1 is 1.40 bits per heavy atom. The highest BCUT2D eigenvalue weighted by molar-refractivity contribution is 14.0. The maximum absolute atomic E-state index is 11.4. The molecule has 25 heavy (non-hydrogen) atoms. The number of carbonyl (C=O) groups excluding carboxylic acids is 1. The fraction of sp³-hybridized carbons (Fsp3) is 0.706. The van der Waals surface area contributed by atoms with E-state index in [1.165, 1.54) is 0 Å². The van der Waals surface area contributed by atoms with E-state index in [2.05, 4.69) is 41.4 Å². The van der Waals surface area contributed by atoms with E-state index in [-0.39, 0.29) is 35.3 Å². The number of aliphatic imine (C=N–C) groups is 1. The lowest BCUT2D eigenvalue weighted by molar-refractivity contribution is -0.129. The molecule has 1 aliphatic heterocycles. The minimum Gasteiger partial charge on any atom is -0.443 e. The maximum Gasteiger partial charge on any atom is 0.219 e. The summed E-state index contributed by atoms with van der Waals surface area (Å²) in [5.74, 6) is 2.40. The maximum atomic E-state index is 11.4. The second-order valence-corrected chi connectivity index (χ2v) is 7.22. The van der Waals surface area contributed by atoms with Crippen molar-refractivity contribution < 1.29 is 9.21 Å². The molecule has 1 aromatic rings. The number of hydrogen-bond acceptors (Lipinski definition) is 4. The lowest BCUT2D eigenvalue weighted by Crippen LogP contribution is -2.49. The number of likely N-dealkylation sites (tertiary alicyclic amines) is 1. The molecule has 1 aliphatic rings. The van der Waals surface area contributed by atoms with Gasteiger partial charge in [-0.2, -0.15) is 0 Å². The second kappa shape index (κ2) is 9.40. The van der Waals surface area contributed by atoms with Crippen molar-refractivity contribution in [3.8, 4) is 0 Å². The molecule has 1 saturated heterocycles. The molecule has 0 aliphatic carbocycles. The standard InChI is InChI=1S/C17H29N5O2.HI/c1-12(23)22-8-6-13(7-9-22)21-16(18-5)20-11-15-19-10-14(24-15)17(2,3)4;/h10,13H,6-9,11H2,1-5H3,(H2,18,20,21);1H. The van der Waals surface area contributed by atoms with E-state index in [9.17, 15) is 4.79 Å². The molecule has 8 heteroatoms. The highest BCUT2D eigenvalue weighted by atomic mass is 127. The van der Waals surface area contributed by atoms with Crippen LogP contribution in [0.5, 0.6) is 0 Å². The van der Waals surface area contributed by atoms with Crippen LogP contribution in [0.1, 0.15) is 52.2 Å². The van der Waals surface area contributed by atoms with Crippen molar-refractivity contribution in [1.82, 2.24) is 20.5 Å². The van der Waals surface area contributed by atoms with Gasteiger partial charge >= 0.3 is 0 Å². The Balaban J connectivity index is 0.00000312. The van der Waals surface area contributed by atoms with E-state index in [4.69, 9.17) is 4.42 Å². The first kappa shape index (κ1) is 21.7. The largest absolute Gasteiger partial charge is 0.443 e. The quantitative estimate of drug-likeness (QED) is 0.409. The Labute approximate surface area is 167 Å². The van der Waals surface area contributed by atoms with E-state index >= 15 is 0 Å². The summed E-state index contributed by atoms with van der Waals surface area (Å²) in [6, 6.07) is 0.321. The van der Waals surface area contributed by atoms with Crippen LogP contribution >= 0.6 is 24.0 Å². The Bertz CT molecular complexity index is 586. The SMILES string of the molecule is CN=C(NCc1ncc(C(C)(C)C)o1)NC1CCN(C(C)=O)CC1.I. The molecule has 1 fully saturated rings. The van der Waals surface area contributed by atoms with Crippen molar-refractivity contribution in [3.05, 3.63) is 17.8 Å². The van der Waals surface area contributed by atoms with Crippen molar-refractivity contribution in [3.63, 3.8) is 0 Å². The third-order valence-electron chi connectivity index (χ3n) is 4.20. The number of nitrogens with zero attached hydrogens (tertiary/aromatic N) is 3. The predicted octanol–water partition coefficient (Wildman–Crippen LogP) is 2.27. The van der Waals surface area contributed by atoms with Crippen molar-refractivity contribution in [2.24, 2.45) is 4.99 Å². The molecule has 0 spiro atoms. The van der Waals surface area contributed by atoms with Crippen molar-refractivity contribution in [1.29, 1.82) is 0 Å². The normalized spacial score (nSPS) is 16.4. The molecule has 1 aromatic heterocycles. The number of hydrogen-bond donors (Lipinski definition) is 2. The van der Waals surface area contributed by atoms with Crippen molar-refractivity contribution in [2.45, 2.75) is 58.5 Å². The smallest absolute Gasteiger partial charge is 0.219 e. The van der Waals surface area contributed by atoms with Crippen LogP contribution < -0.4 is 10.6 Å². The zero-order valence-corrected chi connectivity index (χ0v) is 18.1. The fourth-order valence-corrected chi connectivity index (χ4v) is 2.62. The van der Waals surface area contributed by atoms with Gasteiger partial charge in [0.25, 0.3) is 0 Å². The van der Waals surface area contributed by atoms with E-state index in [1.807, 2.05) is 4.90 Å². The van der Waals surface area contributed by atoms with Crippen molar-refractivity contribution in [2.75, 3.05) is 20.1 Å². The molecule has 1 amide bonds. The summed E-state index contributed by atoms with van der Waals surface area (Å²) in [5.41, 5.74) is -0.0458. The molecule has 2 rings (SSSR count). The average molecular weight is 463 g/mol. The minimum absolute atomic E-state index is 0. The van der Waals surface area contributed by atoms with Gasteiger partial charge in [-0.15, -0.1) is 24.0 Å². The summed E-state index contributed by atoms with van der Waals surface area (Å²) in [7, 11) is 1.75. The van der Waals surface area contributed by atoms with E-state index in [1.54, 1.807) is 20.2 Å². The van der Waals surface area contributed by atoms with Gasteiger partial charge in [0.05, 0.1) is 12.7 Å². The molecule has 0 atom stereocenters. The number of oxazole rings is 1. The number of aromatic nitrogens is 1. The summed E-state index contributed by atoms with van der Waals surface area (Å²) in [6.07, 6.45) is 3.63. The highest BCUT2D eigenvalue weighted by Crippen LogP contribution is 2.22. The zero-order chi connectivity index (χ0) is 17.7. The first-order valence-electron chi connectivity index (χ1n) is 8.47.